The van der Waals surface area contributed by atoms with Crippen molar-refractivity contribution in [3.63, 3.8) is 0 Å². The lowest BCUT2D eigenvalue weighted by molar-refractivity contribution is 0.174. The van der Waals surface area contributed by atoms with Gasteiger partial charge in [0.2, 0.25) is 6.79 Å². The van der Waals surface area contributed by atoms with Gasteiger partial charge in [0.25, 0.3) is 0 Å². The number of hydrazone groups is 1. The molecule has 0 unspecified atom stereocenters. The summed E-state index contributed by atoms with van der Waals surface area (Å²) in [6, 6.07) is 24.1. The van der Waals surface area contributed by atoms with E-state index in [1.165, 1.54) is 3.57 Å². The van der Waals surface area contributed by atoms with E-state index in [0.29, 0.717) is 0 Å². The first-order valence-corrected chi connectivity index (χ1v) is 9.52. The van der Waals surface area contributed by atoms with E-state index >= 15 is 0 Å². The van der Waals surface area contributed by atoms with E-state index in [-0.39, 0.29) is 6.79 Å². The van der Waals surface area contributed by atoms with Gasteiger partial charge < -0.3 is 9.47 Å². The normalized spacial score (nSPS) is 14.9. The molecule has 6 nitrogen and oxygen atoms in total. The third kappa shape index (κ3) is 3.03. The molecule has 2 aliphatic heterocycles. The maximum atomic E-state index is 5.50. The number of halogens is 1. The van der Waals surface area contributed by atoms with Crippen LogP contribution in [0.5, 0.6) is 11.5 Å². The Balaban J connectivity index is 1.54. The number of amidine groups is 1. The number of ether oxygens (including phenoxy) is 2. The number of hydrazine groups is 2. The molecule has 0 amide bonds. The first-order valence-electron chi connectivity index (χ1n) is 8.44. The Morgan fingerprint density at radius 3 is 2.44 bits per heavy atom. The second kappa shape index (κ2) is 6.66. The van der Waals surface area contributed by atoms with Gasteiger partial charge in [0.15, 0.2) is 17.3 Å². The van der Waals surface area contributed by atoms with Crippen molar-refractivity contribution in [2.75, 3.05) is 17.0 Å². The number of hydrogen-bond acceptors (Lipinski definition) is 6. The smallest absolute Gasteiger partial charge is 0.231 e. The van der Waals surface area contributed by atoms with Gasteiger partial charge in [-0.2, -0.15) is 10.2 Å². The molecule has 0 aliphatic carbocycles. The molecule has 0 bridgehead atoms. The maximum Gasteiger partial charge on any atom is 0.231 e. The number of para-hydroxylation sites is 1. The lowest BCUT2D eigenvalue weighted by Crippen LogP contribution is -2.44. The summed E-state index contributed by atoms with van der Waals surface area (Å²) >= 11 is 2.30. The average molecular weight is 470 g/mol. The van der Waals surface area contributed by atoms with Crippen molar-refractivity contribution in [3.05, 3.63) is 81.9 Å². The van der Waals surface area contributed by atoms with Crippen LogP contribution in [0.1, 0.15) is 5.56 Å². The number of fused-ring (bicyclic) bond motifs is 1. The molecule has 0 saturated heterocycles. The van der Waals surface area contributed by atoms with E-state index in [4.69, 9.17) is 14.6 Å². The Hall–Kier alpha value is -2.94. The van der Waals surface area contributed by atoms with Crippen LogP contribution in [0.2, 0.25) is 0 Å². The van der Waals surface area contributed by atoms with Gasteiger partial charge in [-0.3, -0.25) is 5.43 Å². The number of anilines is 2. The molecule has 2 aliphatic rings. The molecule has 27 heavy (non-hydrogen) atoms. The van der Waals surface area contributed by atoms with Gasteiger partial charge in [0.1, 0.15) is 0 Å². The molecule has 0 fully saturated rings. The molecule has 0 saturated carbocycles. The van der Waals surface area contributed by atoms with Crippen LogP contribution in [-0.4, -0.2) is 12.6 Å². The van der Waals surface area contributed by atoms with Crippen molar-refractivity contribution in [2.24, 2.45) is 5.10 Å². The maximum absolute atomic E-state index is 5.50. The van der Waals surface area contributed by atoms with Gasteiger partial charge >= 0.3 is 0 Å². The van der Waals surface area contributed by atoms with Crippen molar-refractivity contribution in [1.82, 2.24) is 5.43 Å². The topological polar surface area (TPSA) is 49.3 Å². The Labute approximate surface area is 170 Å². The fourth-order valence-corrected chi connectivity index (χ4v) is 3.33. The highest BCUT2D eigenvalue weighted by molar-refractivity contribution is 14.1. The molecule has 3 aromatic carbocycles. The van der Waals surface area contributed by atoms with Crippen LogP contribution in [-0.2, 0) is 0 Å². The summed E-state index contributed by atoms with van der Waals surface area (Å²) in [5.41, 5.74) is 6.26. The Morgan fingerprint density at radius 2 is 1.63 bits per heavy atom. The number of benzene rings is 3. The minimum Gasteiger partial charge on any atom is -0.454 e. The van der Waals surface area contributed by atoms with Crippen molar-refractivity contribution >= 4 is 39.8 Å². The molecule has 3 aromatic rings. The van der Waals surface area contributed by atoms with E-state index in [9.17, 15) is 0 Å². The average Bonchev–Trinajstić information content (AvgIpc) is 3.36. The van der Waals surface area contributed by atoms with E-state index in [0.717, 1.165) is 34.3 Å². The number of nitrogens with one attached hydrogen (secondary N) is 1. The molecular weight excluding hydrogens is 455 g/mol. The van der Waals surface area contributed by atoms with E-state index in [2.05, 4.69) is 52.3 Å². The van der Waals surface area contributed by atoms with Gasteiger partial charge in [-0.15, -0.1) is 5.10 Å². The molecule has 0 aromatic heterocycles. The summed E-state index contributed by atoms with van der Waals surface area (Å²) in [5, 5.41) is 8.57. The van der Waals surface area contributed by atoms with Gasteiger partial charge in [0.05, 0.1) is 11.4 Å². The first-order chi connectivity index (χ1) is 13.3. The fraction of sp³-hybridized carbons (Fsp3) is 0.0500. The van der Waals surface area contributed by atoms with Gasteiger partial charge in [-0.05, 0) is 77.2 Å². The van der Waals surface area contributed by atoms with Crippen molar-refractivity contribution in [3.8, 4) is 11.5 Å². The summed E-state index contributed by atoms with van der Waals surface area (Å²) in [5.74, 6) is 2.22. The lowest BCUT2D eigenvalue weighted by Gasteiger charge is -2.27. The molecule has 7 heteroatoms. The zero-order valence-electron chi connectivity index (χ0n) is 14.2. The van der Waals surface area contributed by atoms with Crippen LogP contribution < -0.4 is 25.1 Å². The molecule has 134 valence electrons. The zero-order valence-corrected chi connectivity index (χ0v) is 16.3. The predicted molar refractivity (Wildman–Crippen MR) is 113 cm³/mol. The largest absolute Gasteiger partial charge is 0.454 e. The quantitative estimate of drug-likeness (QED) is 0.584. The standard InChI is InChI=1S/C20H15IN4O2/c21-15-7-9-17(10-8-15)25-23-20(22-24(25)16-4-2-1-3-5-16)14-6-11-18-19(12-14)27-13-26-18/h1-12H,13H2,(H,22,23). The van der Waals surface area contributed by atoms with Crippen molar-refractivity contribution in [1.29, 1.82) is 0 Å². The predicted octanol–water partition coefficient (Wildman–Crippen LogP) is 4.13. The number of hydrogen-bond donors (Lipinski definition) is 1. The molecule has 0 radical (unpaired) electrons. The van der Waals surface area contributed by atoms with Crippen molar-refractivity contribution in [2.45, 2.75) is 0 Å². The summed E-state index contributed by atoms with van der Waals surface area (Å²) in [6.45, 7) is 0.254. The van der Waals surface area contributed by atoms with E-state index < -0.39 is 0 Å². The minimum absolute atomic E-state index is 0.254. The van der Waals surface area contributed by atoms with E-state index in [1.807, 2.05) is 58.8 Å². The summed E-state index contributed by atoms with van der Waals surface area (Å²) < 4.78 is 12.1. The van der Waals surface area contributed by atoms with Crippen LogP contribution in [0.25, 0.3) is 0 Å². The molecular formula is C20H15IN4O2. The van der Waals surface area contributed by atoms with Crippen LogP contribution in [0.15, 0.2) is 77.9 Å². The van der Waals surface area contributed by atoms with Gasteiger partial charge in [0, 0.05) is 9.13 Å². The van der Waals surface area contributed by atoms with E-state index in [1.54, 1.807) is 0 Å². The van der Waals surface area contributed by atoms with Crippen LogP contribution >= 0.6 is 22.6 Å². The highest BCUT2D eigenvalue weighted by Crippen LogP contribution is 2.33. The summed E-state index contributed by atoms with van der Waals surface area (Å²) in [6.07, 6.45) is 0. The monoisotopic (exact) mass is 470 g/mol. The SMILES string of the molecule is Ic1ccc(N2NC(c3ccc4c(c3)OCO4)=NN2c2ccccc2)cc1. The highest BCUT2D eigenvalue weighted by Gasteiger charge is 2.27. The van der Waals surface area contributed by atoms with Crippen LogP contribution in [0, 0.1) is 3.57 Å². The Morgan fingerprint density at radius 1 is 0.852 bits per heavy atom. The zero-order chi connectivity index (χ0) is 18.2. The highest BCUT2D eigenvalue weighted by atomic mass is 127. The number of rotatable bonds is 3. The third-order valence-electron chi connectivity index (χ3n) is 4.30. The lowest BCUT2D eigenvalue weighted by atomic mass is 10.2. The van der Waals surface area contributed by atoms with Crippen molar-refractivity contribution < 1.29 is 9.47 Å². The first kappa shape index (κ1) is 16.2. The van der Waals surface area contributed by atoms with Crippen LogP contribution in [0.3, 0.4) is 0 Å². The molecule has 0 spiro atoms. The molecule has 5 rings (SSSR count). The summed E-state index contributed by atoms with van der Waals surface area (Å²) in [7, 11) is 0. The van der Waals surface area contributed by atoms with Gasteiger partial charge in [-0.1, -0.05) is 18.2 Å². The third-order valence-corrected chi connectivity index (χ3v) is 5.02. The van der Waals surface area contributed by atoms with Crippen LogP contribution in [0.4, 0.5) is 11.4 Å². The second-order valence-corrected chi connectivity index (χ2v) is 7.29. The minimum atomic E-state index is 0.254. The number of nitrogens with zero attached hydrogens (tertiary/aromatic N) is 3. The fourth-order valence-electron chi connectivity index (χ4n) is 2.97. The summed E-state index contributed by atoms with van der Waals surface area (Å²) in [4.78, 5) is 0. The Bertz CT molecular complexity index is 1010. The molecule has 1 N–H and O–H groups in total. The molecule has 2 heterocycles. The second-order valence-electron chi connectivity index (χ2n) is 6.04. The van der Waals surface area contributed by atoms with Gasteiger partial charge in [-0.25, -0.2) is 0 Å². The molecule has 0 atom stereocenters. The Kier molecular flexibility index (Phi) is 4.01.